The summed E-state index contributed by atoms with van der Waals surface area (Å²) < 4.78 is 79.3. The van der Waals surface area contributed by atoms with Gasteiger partial charge in [0.25, 0.3) is 0 Å². The number of alkyl halides is 6. The zero-order valence-electron chi connectivity index (χ0n) is 11.2. The predicted octanol–water partition coefficient (Wildman–Crippen LogP) is 4.15. The molecule has 8 heteroatoms. The third-order valence-electron chi connectivity index (χ3n) is 2.59. The first-order chi connectivity index (χ1) is 9.63. The van der Waals surface area contributed by atoms with Crippen LogP contribution in [0.2, 0.25) is 0 Å². The van der Waals surface area contributed by atoms with E-state index in [1.165, 1.54) is 6.07 Å². The lowest BCUT2D eigenvalue weighted by Crippen LogP contribution is -2.13. The van der Waals surface area contributed by atoms with E-state index in [4.69, 9.17) is 4.74 Å². The fourth-order valence-corrected chi connectivity index (χ4v) is 1.69. The van der Waals surface area contributed by atoms with Gasteiger partial charge in [-0.15, -0.1) is 0 Å². The standard InChI is InChI=1S/C13H15F6NO/c1-20-8-9-3-4-11(10(7-9)13(17,18)19)21-6-2-5-12(14,15)16/h3-4,7,20H,2,5-6,8H2,1H3. The highest BCUT2D eigenvalue weighted by atomic mass is 19.4. The molecule has 0 saturated carbocycles. The maximum atomic E-state index is 12.9. The Morgan fingerprint density at radius 3 is 2.29 bits per heavy atom. The molecule has 1 rings (SSSR count). The van der Waals surface area contributed by atoms with Gasteiger partial charge in [-0.25, -0.2) is 0 Å². The van der Waals surface area contributed by atoms with Crippen molar-refractivity contribution < 1.29 is 31.1 Å². The minimum Gasteiger partial charge on any atom is -0.493 e. The molecule has 0 fully saturated rings. The van der Waals surface area contributed by atoms with Gasteiger partial charge in [-0.2, -0.15) is 26.3 Å². The summed E-state index contributed by atoms with van der Waals surface area (Å²) in [6.45, 7) is -0.175. The minimum atomic E-state index is -4.62. The van der Waals surface area contributed by atoms with E-state index in [1.54, 1.807) is 7.05 Å². The summed E-state index contributed by atoms with van der Waals surface area (Å²) in [6.07, 6.45) is -10.4. The first-order valence-electron chi connectivity index (χ1n) is 6.18. The lowest BCUT2D eigenvalue weighted by molar-refractivity contribution is -0.141. The average molecular weight is 315 g/mol. The van der Waals surface area contributed by atoms with Crippen LogP contribution >= 0.6 is 0 Å². The van der Waals surface area contributed by atoms with E-state index in [1.807, 2.05) is 0 Å². The first kappa shape index (κ1) is 17.6. The van der Waals surface area contributed by atoms with Crippen LogP contribution in [0, 0.1) is 0 Å². The van der Waals surface area contributed by atoms with E-state index < -0.39 is 36.7 Å². The van der Waals surface area contributed by atoms with Gasteiger partial charge in [-0.05, 0) is 31.2 Å². The highest BCUT2D eigenvalue weighted by Crippen LogP contribution is 2.37. The molecular weight excluding hydrogens is 300 g/mol. The van der Waals surface area contributed by atoms with Crippen molar-refractivity contribution in [3.05, 3.63) is 29.3 Å². The molecule has 0 unspecified atom stereocenters. The SMILES string of the molecule is CNCc1ccc(OCCCC(F)(F)F)c(C(F)(F)F)c1. The molecule has 0 aliphatic rings. The van der Waals surface area contributed by atoms with Crippen LogP contribution in [0.4, 0.5) is 26.3 Å². The molecule has 0 radical (unpaired) electrons. The molecule has 2 nitrogen and oxygen atoms in total. The Labute approximate surface area is 118 Å². The molecule has 0 amide bonds. The molecule has 1 aromatic carbocycles. The molecule has 0 bridgehead atoms. The van der Waals surface area contributed by atoms with Crippen LogP contribution in [0.1, 0.15) is 24.0 Å². The van der Waals surface area contributed by atoms with E-state index in [9.17, 15) is 26.3 Å². The monoisotopic (exact) mass is 315 g/mol. The number of nitrogens with one attached hydrogen (secondary N) is 1. The fourth-order valence-electron chi connectivity index (χ4n) is 1.69. The van der Waals surface area contributed by atoms with Crippen molar-refractivity contribution in [1.29, 1.82) is 0 Å². The van der Waals surface area contributed by atoms with Crippen LogP contribution in [0.5, 0.6) is 5.75 Å². The number of hydrogen-bond donors (Lipinski definition) is 1. The van der Waals surface area contributed by atoms with Crippen LogP contribution in [0.15, 0.2) is 18.2 Å². The molecule has 0 saturated heterocycles. The van der Waals surface area contributed by atoms with E-state index in [2.05, 4.69) is 5.32 Å². The van der Waals surface area contributed by atoms with Gasteiger partial charge in [0, 0.05) is 13.0 Å². The maximum Gasteiger partial charge on any atom is 0.419 e. The second kappa shape index (κ2) is 7.02. The van der Waals surface area contributed by atoms with Crippen molar-refractivity contribution in [2.45, 2.75) is 31.7 Å². The highest BCUT2D eigenvalue weighted by Gasteiger charge is 2.34. The van der Waals surface area contributed by atoms with Gasteiger partial charge < -0.3 is 10.1 Å². The van der Waals surface area contributed by atoms with Crippen molar-refractivity contribution in [2.24, 2.45) is 0 Å². The van der Waals surface area contributed by atoms with Gasteiger partial charge in [0.2, 0.25) is 0 Å². The van der Waals surface area contributed by atoms with Crippen LogP contribution < -0.4 is 10.1 Å². The number of rotatable bonds is 6. The molecule has 0 spiro atoms. The summed E-state index contributed by atoms with van der Waals surface area (Å²) in [5.41, 5.74) is -0.574. The summed E-state index contributed by atoms with van der Waals surface area (Å²) in [5.74, 6) is -0.454. The van der Waals surface area contributed by atoms with Crippen LogP contribution in [-0.2, 0) is 12.7 Å². The van der Waals surface area contributed by atoms with Crippen molar-refractivity contribution in [1.82, 2.24) is 5.32 Å². The largest absolute Gasteiger partial charge is 0.493 e. The molecule has 0 aliphatic heterocycles. The van der Waals surface area contributed by atoms with Gasteiger partial charge >= 0.3 is 12.4 Å². The Morgan fingerprint density at radius 1 is 1.10 bits per heavy atom. The molecule has 0 heterocycles. The van der Waals surface area contributed by atoms with E-state index in [-0.39, 0.29) is 13.0 Å². The fraction of sp³-hybridized carbons (Fsp3) is 0.538. The van der Waals surface area contributed by atoms with Crippen molar-refractivity contribution in [3.8, 4) is 5.75 Å². The number of halogens is 6. The Bertz CT molecular complexity index is 455. The molecule has 1 N–H and O–H groups in total. The van der Waals surface area contributed by atoms with Gasteiger partial charge in [0.05, 0.1) is 12.2 Å². The van der Waals surface area contributed by atoms with Gasteiger partial charge in [-0.3, -0.25) is 0 Å². The first-order valence-corrected chi connectivity index (χ1v) is 6.18. The molecule has 120 valence electrons. The molecule has 0 aromatic heterocycles. The second-order valence-corrected chi connectivity index (χ2v) is 4.43. The summed E-state index contributed by atoms with van der Waals surface area (Å²) in [6, 6.07) is 3.49. The Kier molecular flexibility index (Phi) is 5.88. The van der Waals surface area contributed by atoms with Crippen molar-refractivity contribution in [2.75, 3.05) is 13.7 Å². The van der Waals surface area contributed by atoms with Gasteiger partial charge in [0.15, 0.2) is 0 Å². The van der Waals surface area contributed by atoms with Gasteiger partial charge in [-0.1, -0.05) is 6.07 Å². The summed E-state index contributed by atoms with van der Waals surface area (Å²) in [5, 5.41) is 2.72. The number of benzene rings is 1. The highest BCUT2D eigenvalue weighted by molar-refractivity contribution is 5.39. The van der Waals surface area contributed by atoms with Crippen LogP contribution in [0.3, 0.4) is 0 Å². The summed E-state index contributed by atoms with van der Waals surface area (Å²) >= 11 is 0. The Morgan fingerprint density at radius 2 is 1.76 bits per heavy atom. The van der Waals surface area contributed by atoms with E-state index in [0.29, 0.717) is 5.56 Å². The van der Waals surface area contributed by atoms with E-state index in [0.717, 1.165) is 12.1 Å². The second-order valence-electron chi connectivity index (χ2n) is 4.43. The number of ether oxygens (including phenoxy) is 1. The van der Waals surface area contributed by atoms with Crippen LogP contribution in [-0.4, -0.2) is 19.8 Å². The third-order valence-corrected chi connectivity index (χ3v) is 2.59. The molecule has 1 aromatic rings. The summed E-state index contributed by atoms with van der Waals surface area (Å²) in [7, 11) is 1.59. The third kappa shape index (κ3) is 6.24. The topological polar surface area (TPSA) is 21.3 Å². The molecule has 0 atom stereocenters. The number of hydrogen-bond acceptors (Lipinski definition) is 2. The van der Waals surface area contributed by atoms with Crippen LogP contribution in [0.25, 0.3) is 0 Å². The zero-order chi connectivity index (χ0) is 16.1. The molecule has 21 heavy (non-hydrogen) atoms. The Balaban J connectivity index is 2.77. The smallest absolute Gasteiger partial charge is 0.419 e. The maximum absolute atomic E-state index is 12.9. The van der Waals surface area contributed by atoms with Gasteiger partial charge in [0.1, 0.15) is 5.75 Å². The zero-order valence-corrected chi connectivity index (χ0v) is 11.2. The molecule has 0 aliphatic carbocycles. The molecular formula is C13H15F6NO. The average Bonchev–Trinajstić information content (AvgIpc) is 2.34. The lowest BCUT2D eigenvalue weighted by atomic mass is 10.1. The quantitative estimate of drug-likeness (QED) is 0.629. The van der Waals surface area contributed by atoms with Crippen molar-refractivity contribution in [3.63, 3.8) is 0 Å². The minimum absolute atomic E-state index is 0.247. The predicted molar refractivity (Wildman–Crippen MR) is 65.0 cm³/mol. The van der Waals surface area contributed by atoms with Crippen molar-refractivity contribution >= 4 is 0 Å². The normalized spacial score (nSPS) is 12.5. The lowest BCUT2D eigenvalue weighted by Gasteiger charge is -2.15. The Hall–Kier alpha value is -1.44. The van der Waals surface area contributed by atoms with E-state index >= 15 is 0 Å². The summed E-state index contributed by atoms with van der Waals surface area (Å²) in [4.78, 5) is 0.